The molecular weight excluding hydrogens is 432 g/mol. The van der Waals surface area contributed by atoms with Crippen molar-refractivity contribution in [2.24, 2.45) is 0 Å². The Balaban J connectivity index is 1.57. The molecule has 0 atom stereocenters. The lowest BCUT2D eigenvalue weighted by atomic mass is 10.1. The molecule has 1 aromatic heterocycles. The van der Waals surface area contributed by atoms with Crippen LogP contribution in [0.5, 0.6) is 0 Å². The molecule has 0 bridgehead atoms. The van der Waals surface area contributed by atoms with Crippen LogP contribution in [0.1, 0.15) is 42.6 Å². The minimum Gasteiger partial charge on any atom is -0.338 e. The van der Waals surface area contributed by atoms with Gasteiger partial charge >= 0.3 is 0 Å². The van der Waals surface area contributed by atoms with E-state index in [0.717, 1.165) is 18.4 Å². The van der Waals surface area contributed by atoms with Gasteiger partial charge in [-0.3, -0.25) is 9.59 Å². The first kappa shape index (κ1) is 22.9. The van der Waals surface area contributed by atoms with Crippen molar-refractivity contribution in [3.63, 3.8) is 0 Å². The molecule has 0 aliphatic heterocycles. The Bertz CT molecular complexity index is 1020. The molecule has 8 heteroatoms. The van der Waals surface area contributed by atoms with Crippen LogP contribution >= 0.6 is 22.9 Å². The minimum atomic E-state index is -0.200. The first-order chi connectivity index (χ1) is 15.0. The summed E-state index contributed by atoms with van der Waals surface area (Å²) < 4.78 is 0. The number of nitrogens with zero attached hydrogens (tertiary/aromatic N) is 3. The van der Waals surface area contributed by atoms with E-state index in [-0.39, 0.29) is 18.2 Å². The lowest BCUT2D eigenvalue weighted by Crippen LogP contribution is -2.34. The fraction of sp³-hybridized carbons (Fsp3) is 0.304. The van der Waals surface area contributed by atoms with Crippen LogP contribution in [0.3, 0.4) is 0 Å². The zero-order valence-corrected chi connectivity index (χ0v) is 19.2. The van der Waals surface area contributed by atoms with Gasteiger partial charge in [0.1, 0.15) is 5.01 Å². The predicted molar refractivity (Wildman–Crippen MR) is 126 cm³/mol. The molecule has 3 rings (SSSR count). The number of anilines is 1. The van der Waals surface area contributed by atoms with Gasteiger partial charge in [-0.1, -0.05) is 61.1 Å². The Morgan fingerprint density at radius 2 is 1.71 bits per heavy atom. The summed E-state index contributed by atoms with van der Waals surface area (Å²) in [6.45, 7) is 5.04. The van der Waals surface area contributed by atoms with E-state index >= 15 is 0 Å². The number of aryl methyl sites for hydroxylation is 1. The Kier molecular flexibility index (Phi) is 8.14. The lowest BCUT2D eigenvalue weighted by molar-refractivity contribution is -0.116. The summed E-state index contributed by atoms with van der Waals surface area (Å²) in [5.74, 6) is -0.257. The van der Waals surface area contributed by atoms with E-state index in [1.165, 1.54) is 16.9 Å². The van der Waals surface area contributed by atoms with Crippen molar-refractivity contribution in [2.45, 2.75) is 33.1 Å². The normalized spacial score (nSPS) is 10.7. The van der Waals surface area contributed by atoms with Crippen LogP contribution < -0.4 is 5.32 Å². The SMILES string of the molecule is CCCN(CCC(=O)Nc1nnc(-c2ccc(Cl)cc2)s1)C(=O)c1ccc(CC)cc1. The van der Waals surface area contributed by atoms with E-state index in [9.17, 15) is 9.59 Å². The molecule has 0 aliphatic rings. The second-order valence-electron chi connectivity index (χ2n) is 7.06. The van der Waals surface area contributed by atoms with Gasteiger partial charge in [-0.05, 0) is 42.7 Å². The van der Waals surface area contributed by atoms with E-state index in [4.69, 9.17) is 11.6 Å². The number of aromatic nitrogens is 2. The third kappa shape index (κ3) is 6.35. The van der Waals surface area contributed by atoms with Gasteiger partial charge in [0.2, 0.25) is 11.0 Å². The quantitative estimate of drug-likeness (QED) is 0.474. The van der Waals surface area contributed by atoms with Gasteiger partial charge in [-0.25, -0.2) is 0 Å². The van der Waals surface area contributed by atoms with Crippen molar-refractivity contribution < 1.29 is 9.59 Å². The first-order valence-corrected chi connectivity index (χ1v) is 11.5. The summed E-state index contributed by atoms with van der Waals surface area (Å²) in [6, 6.07) is 14.9. The number of amides is 2. The highest BCUT2D eigenvalue weighted by Crippen LogP contribution is 2.27. The summed E-state index contributed by atoms with van der Waals surface area (Å²) in [6.07, 6.45) is 1.94. The topological polar surface area (TPSA) is 75.2 Å². The molecule has 0 fully saturated rings. The van der Waals surface area contributed by atoms with Crippen molar-refractivity contribution >= 4 is 39.9 Å². The van der Waals surface area contributed by atoms with E-state index in [2.05, 4.69) is 22.4 Å². The van der Waals surface area contributed by atoms with Crippen molar-refractivity contribution in [2.75, 3.05) is 18.4 Å². The third-order valence-corrected chi connectivity index (χ3v) is 5.90. The van der Waals surface area contributed by atoms with Crippen LogP contribution in [0.2, 0.25) is 5.02 Å². The Morgan fingerprint density at radius 1 is 1.00 bits per heavy atom. The van der Waals surface area contributed by atoms with Crippen LogP contribution in [0.15, 0.2) is 48.5 Å². The molecule has 3 aromatic rings. The highest BCUT2D eigenvalue weighted by atomic mass is 35.5. The summed E-state index contributed by atoms with van der Waals surface area (Å²) in [5, 5.41) is 12.7. The van der Waals surface area contributed by atoms with Crippen LogP contribution in [-0.2, 0) is 11.2 Å². The molecule has 1 N–H and O–H groups in total. The van der Waals surface area contributed by atoms with Crippen molar-refractivity contribution in [1.82, 2.24) is 15.1 Å². The molecular formula is C23H25ClN4O2S. The Labute approximate surface area is 191 Å². The second kappa shape index (κ2) is 11.0. The Morgan fingerprint density at radius 3 is 2.35 bits per heavy atom. The molecule has 162 valence electrons. The number of carbonyl (C=O) groups is 2. The number of carbonyl (C=O) groups excluding carboxylic acids is 2. The number of benzene rings is 2. The first-order valence-electron chi connectivity index (χ1n) is 10.3. The fourth-order valence-electron chi connectivity index (χ4n) is 3.05. The minimum absolute atomic E-state index is 0.0572. The standard InChI is InChI=1S/C23H25ClN4O2S/c1-3-14-28(22(30)18-7-5-16(4-2)6-8-18)15-13-20(29)25-23-27-26-21(31-23)17-9-11-19(24)12-10-17/h5-12H,3-4,13-15H2,1-2H3,(H,25,27,29). The second-order valence-corrected chi connectivity index (χ2v) is 8.47. The zero-order valence-electron chi connectivity index (χ0n) is 17.6. The van der Waals surface area contributed by atoms with Crippen LogP contribution in [-0.4, -0.2) is 40.0 Å². The lowest BCUT2D eigenvalue weighted by Gasteiger charge is -2.22. The zero-order chi connectivity index (χ0) is 22.2. The molecule has 31 heavy (non-hydrogen) atoms. The average Bonchev–Trinajstić information content (AvgIpc) is 3.25. The van der Waals surface area contributed by atoms with E-state index < -0.39 is 0 Å². The van der Waals surface area contributed by atoms with E-state index in [1.807, 2.05) is 43.3 Å². The van der Waals surface area contributed by atoms with Gasteiger partial charge in [0.15, 0.2) is 0 Å². The van der Waals surface area contributed by atoms with Crippen LogP contribution in [0.25, 0.3) is 10.6 Å². The molecule has 0 spiro atoms. The highest BCUT2D eigenvalue weighted by Gasteiger charge is 2.17. The molecule has 2 amide bonds. The highest BCUT2D eigenvalue weighted by molar-refractivity contribution is 7.18. The van der Waals surface area contributed by atoms with Gasteiger partial charge in [-0.15, -0.1) is 10.2 Å². The molecule has 0 aliphatic carbocycles. The smallest absolute Gasteiger partial charge is 0.253 e. The van der Waals surface area contributed by atoms with E-state index in [1.54, 1.807) is 17.0 Å². The van der Waals surface area contributed by atoms with Crippen molar-refractivity contribution in [3.8, 4) is 10.6 Å². The molecule has 6 nitrogen and oxygen atoms in total. The molecule has 0 saturated heterocycles. The van der Waals surface area contributed by atoms with Gasteiger partial charge in [0.05, 0.1) is 0 Å². The summed E-state index contributed by atoms with van der Waals surface area (Å²) in [5.41, 5.74) is 2.71. The summed E-state index contributed by atoms with van der Waals surface area (Å²) in [7, 11) is 0. The van der Waals surface area contributed by atoms with Crippen LogP contribution in [0, 0.1) is 0 Å². The van der Waals surface area contributed by atoms with E-state index in [0.29, 0.717) is 33.8 Å². The number of hydrogen-bond donors (Lipinski definition) is 1. The van der Waals surface area contributed by atoms with Gasteiger partial charge in [0.25, 0.3) is 5.91 Å². The van der Waals surface area contributed by atoms with Crippen LogP contribution in [0.4, 0.5) is 5.13 Å². The summed E-state index contributed by atoms with van der Waals surface area (Å²) >= 11 is 7.21. The number of nitrogens with one attached hydrogen (secondary N) is 1. The maximum atomic E-state index is 12.9. The summed E-state index contributed by atoms with van der Waals surface area (Å²) in [4.78, 5) is 27.0. The molecule has 0 unspecified atom stereocenters. The largest absolute Gasteiger partial charge is 0.338 e. The Hall–Kier alpha value is -2.77. The maximum Gasteiger partial charge on any atom is 0.253 e. The number of halogens is 1. The molecule has 0 saturated carbocycles. The number of hydrogen-bond acceptors (Lipinski definition) is 5. The molecule has 2 aromatic carbocycles. The predicted octanol–water partition coefficient (Wildman–Crippen LogP) is 5.30. The maximum absolute atomic E-state index is 12.9. The van der Waals surface area contributed by atoms with Gasteiger partial charge < -0.3 is 10.2 Å². The molecule has 1 heterocycles. The van der Waals surface area contributed by atoms with Gasteiger partial charge in [0, 0.05) is 35.7 Å². The average molecular weight is 457 g/mol. The third-order valence-electron chi connectivity index (χ3n) is 4.76. The van der Waals surface area contributed by atoms with Gasteiger partial charge in [-0.2, -0.15) is 0 Å². The number of rotatable bonds is 9. The fourth-order valence-corrected chi connectivity index (χ4v) is 3.94. The monoisotopic (exact) mass is 456 g/mol. The molecule has 0 radical (unpaired) electrons. The van der Waals surface area contributed by atoms with Crippen molar-refractivity contribution in [3.05, 3.63) is 64.7 Å². The van der Waals surface area contributed by atoms with Crippen molar-refractivity contribution in [1.29, 1.82) is 0 Å².